The monoisotopic (exact) mass is 147 g/mol. The molecule has 0 saturated heterocycles. The average Bonchev–Trinajstić information content (AvgIpc) is 1.59. The normalized spacial score (nSPS) is 14.4. The van der Waals surface area contributed by atoms with Gasteiger partial charge in [-0.3, -0.25) is 4.90 Å². The summed E-state index contributed by atoms with van der Waals surface area (Å²) in [5.41, 5.74) is -0.0990. The largest absolute Gasteiger partial charge is 0.270 e. The second-order valence-corrected chi connectivity index (χ2v) is 4.14. The Balaban J connectivity index is 4.23. The standard InChI is InChI=1S/C8H18FN/c1-7(2,3)10(6)8(4,5)9/h1-6H3. The van der Waals surface area contributed by atoms with Crippen LogP contribution >= 0.6 is 0 Å². The van der Waals surface area contributed by atoms with Crippen LogP contribution in [0, 0.1) is 0 Å². The van der Waals surface area contributed by atoms with E-state index in [4.69, 9.17) is 0 Å². The SMILES string of the molecule is CN(C(C)(C)C)C(C)(C)F. The molecule has 0 unspecified atom stereocenters. The van der Waals surface area contributed by atoms with Gasteiger partial charge in [-0.1, -0.05) is 0 Å². The highest BCUT2D eigenvalue weighted by Gasteiger charge is 2.30. The summed E-state index contributed by atoms with van der Waals surface area (Å²) in [5.74, 6) is -1.22. The summed E-state index contributed by atoms with van der Waals surface area (Å²) in [7, 11) is 1.79. The highest BCUT2D eigenvalue weighted by Crippen LogP contribution is 2.23. The lowest BCUT2D eigenvalue weighted by atomic mass is 10.0. The highest BCUT2D eigenvalue weighted by atomic mass is 19.1. The van der Waals surface area contributed by atoms with E-state index in [1.165, 1.54) is 0 Å². The van der Waals surface area contributed by atoms with E-state index in [0.29, 0.717) is 0 Å². The van der Waals surface area contributed by atoms with Gasteiger partial charge in [-0.05, 0) is 41.7 Å². The van der Waals surface area contributed by atoms with Crippen molar-refractivity contribution in [1.82, 2.24) is 4.90 Å². The maximum absolute atomic E-state index is 13.2. The van der Waals surface area contributed by atoms with Crippen LogP contribution in [0.15, 0.2) is 0 Å². The second kappa shape index (κ2) is 2.50. The van der Waals surface area contributed by atoms with Crippen molar-refractivity contribution in [3.05, 3.63) is 0 Å². The third-order valence-electron chi connectivity index (χ3n) is 1.80. The molecule has 0 aliphatic heterocycles. The zero-order valence-electron chi connectivity index (χ0n) is 7.83. The lowest BCUT2D eigenvalue weighted by Gasteiger charge is -2.39. The number of alkyl halides is 1. The third-order valence-corrected chi connectivity index (χ3v) is 1.80. The molecule has 62 valence electrons. The molecule has 0 spiro atoms. The van der Waals surface area contributed by atoms with Crippen LogP contribution in [0.1, 0.15) is 34.6 Å². The lowest BCUT2D eigenvalue weighted by Crippen LogP contribution is -2.48. The topological polar surface area (TPSA) is 3.24 Å². The van der Waals surface area contributed by atoms with E-state index in [0.717, 1.165) is 0 Å². The van der Waals surface area contributed by atoms with Crippen molar-refractivity contribution in [1.29, 1.82) is 0 Å². The molecule has 0 aromatic rings. The highest BCUT2D eigenvalue weighted by molar-refractivity contribution is 4.79. The van der Waals surface area contributed by atoms with E-state index in [2.05, 4.69) is 0 Å². The van der Waals surface area contributed by atoms with Gasteiger partial charge in [-0.2, -0.15) is 0 Å². The predicted molar refractivity (Wildman–Crippen MR) is 42.7 cm³/mol. The van der Waals surface area contributed by atoms with Crippen LogP contribution in [0.3, 0.4) is 0 Å². The molecular weight excluding hydrogens is 129 g/mol. The Morgan fingerprint density at radius 1 is 1.00 bits per heavy atom. The van der Waals surface area contributed by atoms with Crippen molar-refractivity contribution >= 4 is 0 Å². The first-order valence-corrected chi connectivity index (χ1v) is 3.58. The van der Waals surface area contributed by atoms with Crippen molar-refractivity contribution in [3.63, 3.8) is 0 Å². The first-order valence-electron chi connectivity index (χ1n) is 3.58. The summed E-state index contributed by atoms with van der Waals surface area (Å²) in [6, 6.07) is 0. The summed E-state index contributed by atoms with van der Waals surface area (Å²) in [4.78, 5) is 1.71. The molecule has 0 aromatic carbocycles. The second-order valence-electron chi connectivity index (χ2n) is 4.14. The van der Waals surface area contributed by atoms with Crippen molar-refractivity contribution < 1.29 is 4.39 Å². The van der Waals surface area contributed by atoms with Gasteiger partial charge in [0.15, 0.2) is 5.79 Å². The molecular formula is C8H18FN. The number of nitrogens with zero attached hydrogens (tertiary/aromatic N) is 1. The Kier molecular flexibility index (Phi) is 2.47. The predicted octanol–water partition coefficient (Wildman–Crippen LogP) is 2.42. The van der Waals surface area contributed by atoms with E-state index in [1.54, 1.807) is 25.8 Å². The molecule has 0 atom stereocenters. The molecule has 0 aliphatic rings. The Hall–Kier alpha value is -0.110. The summed E-state index contributed by atoms with van der Waals surface area (Å²) >= 11 is 0. The number of hydrogen-bond acceptors (Lipinski definition) is 1. The van der Waals surface area contributed by atoms with Crippen LogP contribution in [-0.4, -0.2) is 23.3 Å². The van der Waals surface area contributed by atoms with E-state index < -0.39 is 5.79 Å². The van der Waals surface area contributed by atoms with Gasteiger partial charge in [-0.15, -0.1) is 0 Å². The first kappa shape index (κ1) is 9.89. The van der Waals surface area contributed by atoms with E-state index in [9.17, 15) is 4.39 Å². The summed E-state index contributed by atoms with van der Waals surface area (Å²) in [5, 5.41) is 0. The van der Waals surface area contributed by atoms with Gasteiger partial charge in [0.2, 0.25) is 0 Å². The maximum atomic E-state index is 13.2. The third kappa shape index (κ3) is 2.65. The van der Waals surface area contributed by atoms with Crippen LogP contribution in [0.2, 0.25) is 0 Å². The smallest absolute Gasteiger partial charge is 0.158 e. The van der Waals surface area contributed by atoms with Gasteiger partial charge in [0, 0.05) is 5.54 Å². The van der Waals surface area contributed by atoms with E-state index in [-0.39, 0.29) is 5.54 Å². The molecule has 0 aliphatic carbocycles. The van der Waals surface area contributed by atoms with Crippen molar-refractivity contribution in [3.8, 4) is 0 Å². The lowest BCUT2D eigenvalue weighted by molar-refractivity contribution is -0.0399. The van der Waals surface area contributed by atoms with Crippen molar-refractivity contribution in [2.45, 2.75) is 46.0 Å². The average molecular weight is 147 g/mol. The van der Waals surface area contributed by atoms with Gasteiger partial charge in [0.05, 0.1) is 0 Å². The Morgan fingerprint density at radius 2 is 1.30 bits per heavy atom. The number of rotatable bonds is 1. The van der Waals surface area contributed by atoms with Gasteiger partial charge < -0.3 is 0 Å². The van der Waals surface area contributed by atoms with Crippen molar-refractivity contribution in [2.75, 3.05) is 7.05 Å². The van der Waals surface area contributed by atoms with Crippen LogP contribution < -0.4 is 0 Å². The first-order chi connectivity index (χ1) is 4.15. The zero-order chi connectivity index (χ0) is 8.58. The van der Waals surface area contributed by atoms with Gasteiger partial charge in [0.25, 0.3) is 0 Å². The Labute approximate surface area is 63.2 Å². The van der Waals surface area contributed by atoms with Crippen LogP contribution in [0.4, 0.5) is 4.39 Å². The quantitative estimate of drug-likeness (QED) is 0.515. The van der Waals surface area contributed by atoms with E-state index in [1.807, 2.05) is 20.8 Å². The molecule has 0 aromatic heterocycles. The van der Waals surface area contributed by atoms with Crippen LogP contribution in [0.25, 0.3) is 0 Å². The molecule has 0 rings (SSSR count). The summed E-state index contributed by atoms with van der Waals surface area (Å²) in [6.45, 7) is 9.12. The molecule has 0 heterocycles. The van der Waals surface area contributed by atoms with Gasteiger partial charge in [0.1, 0.15) is 0 Å². The molecule has 0 saturated carbocycles. The van der Waals surface area contributed by atoms with Gasteiger partial charge in [-0.25, -0.2) is 4.39 Å². The Bertz CT molecular complexity index is 93.4. The fourth-order valence-corrected chi connectivity index (χ4v) is 0.798. The maximum Gasteiger partial charge on any atom is 0.158 e. The number of halogens is 1. The van der Waals surface area contributed by atoms with Crippen LogP contribution in [-0.2, 0) is 0 Å². The van der Waals surface area contributed by atoms with Crippen LogP contribution in [0.5, 0.6) is 0 Å². The summed E-state index contributed by atoms with van der Waals surface area (Å²) in [6.07, 6.45) is 0. The minimum absolute atomic E-state index is 0.0990. The molecule has 0 amide bonds. The van der Waals surface area contributed by atoms with Gasteiger partial charge >= 0.3 is 0 Å². The van der Waals surface area contributed by atoms with E-state index >= 15 is 0 Å². The molecule has 10 heavy (non-hydrogen) atoms. The zero-order valence-corrected chi connectivity index (χ0v) is 7.83. The molecule has 0 fully saturated rings. The Morgan fingerprint density at radius 3 is 1.30 bits per heavy atom. The molecule has 2 heteroatoms. The minimum Gasteiger partial charge on any atom is -0.270 e. The fraction of sp³-hybridized carbons (Fsp3) is 1.00. The minimum atomic E-state index is -1.22. The molecule has 0 bridgehead atoms. The fourth-order valence-electron chi connectivity index (χ4n) is 0.798. The molecule has 0 N–H and O–H groups in total. The summed E-state index contributed by atoms with van der Waals surface area (Å²) < 4.78 is 13.2. The molecule has 1 nitrogen and oxygen atoms in total. The van der Waals surface area contributed by atoms with Crippen molar-refractivity contribution in [2.24, 2.45) is 0 Å². The molecule has 0 radical (unpaired) electrons. The number of hydrogen-bond donors (Lipinski definition) is 0.